The minimum absolute atomic E-state index is 0.0890. The van der Waals surface area contributed by atoms with Crippen molar-refractivity contribution >= 4 is 23.2 Å². The van der Waals surface area contributed by atoms with Crippen LogP contribution in [0.25, 0.3) is 11.8 Å². The first-order chi connectivity index (χ1) is 11.1. The number of nitrogens with zero attached hydrogens (tertiary/aromatic N) is 2. The van der Waals surface area contributed by atoms with E-state index in [0.717, 1.165) is 11.4 Å². The maximum absolute atomic E-state index is 12.7. The van der Waals surface area contributed by atoms with E-state index in [1.165, 1.54) is 17.4 Å². The Hall–Kier alpha value is -2.66. The largest absolute Gasteiger partial charge is 0.288 e. The molecule has 0 aliphatic rings. The molecule has 0 saturated carbocycles. The van der Waals surface area contributed by atoms with Crippen LogP contribution in [-0.4, -0.2) is 15.1 Å². The van der Waals surface area contributed by atoms with Crippen molar-refractivity contribution in [2.24, 2.45) is 7.05 Å². The van der Waals surface area contributed by atoms with Gasteiger partial charge in [-0.25, -0.2) is 4.68 Å². The Morgan fingerprint density at radius 2 is 1.87 bits per heavy atom. The molecule has 0 atom stereocenters. The van der Waals surface area contributed by atoms with Gasteiger partial charge in [0.05, 0.1) is 16.1 Å². The quantitative estimate of drug-likeness (QED) is 0.545. The van der Waals surface area contributed by atoms with Crippen LogP contribution < -0.4 is 5.56 Å². The van der Waals surface area contributed by atoms with Crippen LogP contribution in [0.2, 0.25) is 0 Å². The zero-order chi connectivity index (χ0) is 16.4. The molecule has 2 aromatic heterocycles. The van der Waals surface area contributed by atoms with Gasteiger partial charge in [-0.2, -0.15) is 0 Å². The molecule has 116 valence electrons. The average molecular weight is 324 g/mol. The highest BCUT2D eigenvalue weighted by molar-refractivity contribution is 7.12. The number of rotatable bonds is 4. The fourth-order valence-corrected chi connectivity index (χ4v) is 3.09. The van der Waals surface area contributed by atoms with Gasteiger partial charge in [-0.3, -0.25) is 14.3 Å². The Morgan fingerprint density at radius 1 is 1.13 bits per heavy atom. The molecule has 0 aliphatic heterocycles. The van der Waals surface area contributed by atoms with E-state index in [-0.39, 0.29) is 11.3 Å². The third kappa shape index (κ3) is 2.83. The zero-order valence-corrected chi connectivity index (χ0v) is 13.7. The van der Waals surface area contributed by atoms with E-state index in [1.54, 1.807) is 21.5 Å². The van der Waals surface area contributed by atoms with Crippen molar-refractivity contribution in [3.8, 4) is 5.69 Å². The van der Waals surface area contributed by atoms with Crippen molar-refractivity contribution in [1.82, 2.24) is 9.36 Å². The number of carbonyl (C=O) groups excluding carboxylic acids is 1. The van der Waals surface area contributed by atoms with E-state index < -0.39 is 0 Å². The second kappa shape index (κ2) is 6.22. The van der Waals surface area contributed by atoms with Crippen LogP contribution in [0.1, 0.15) is 20.9 Å². The van der Waals surface area contributed by atoms with E-state index in [4.69, 9.17) is 0 Å². The summed E-state index contributed by atoms with van der Waals surface area (Å²) in [6.07, 6.45) is 3.07. The number of hydrogen-bond acceptors (Lipinski definition) is 3. The Bertz CT molecular complexity index is 916. The molecule has 0 saturated heterocycles. The van der Waals surface area contributed by atoms with Gasteiger partial charge in [0, 0.05) is 12.7 Å². The fraction of sp³-hybridized carbons (Fsp3) is 0.111. The lowest BCUT2D eigenvalue weighted by atomic mass is 10.2. The lowest BCUT2D eigenvalue weighted by molar-refractivity contribution is 0.105. The highest BCUT2D eigenvalue weighted by Gasteiger charge is 2.14. The SMILES string of the molecule is Cc1c(C=CC(=O)c2cccs2)c(=O)n(-c2ccccc2)n1C. The Kier molecular flexibility index (Phi) is 4.12. The smallest absolute Gasteiger partial charge is 0.278 e. The summed E-state index contributed by atoms with van der Waals surface area (Å²) in [5.41, 5.74) is 2.01. The summed E-state index contributed by atoms with van der Waals surface area (Å²) in [6.45, 7) is 1.87. The lowest BCUT2D eigenvalue weighted by Gasteiger charge is -2.07. The van der Waals surface area contributed by atoms with Crippen LogP contribution in [0.5, 0.6) is 0 Å². The van der Waals surface area contributed by atoms with E-state index in [0.29, 0.717) is 10.4 Å². The standard InChI is InChI=1S/C18H16N2O2S/c1-13-15(10-11-16(21)17-9-6-12-23-17)18(22)20(19(13)2)14-7-4-3-5-8-14/h3-12H,1-2H3. The van der Waals surface area contributed by atoms with Crippen LogP contribution in [0.4, 0.5) is 0 Å². The molecule has 0 N–H and O–H groups in total. The minimum atomic E-state index is -0.133. The van der Waals surface area contributed by atoms with E-state index >= 15 is 0 Å². The second-order valence-corrected chi connectivity index (χ2v) is 6.10. The topological polar surface area (TPSA) is 44.0 Å². The van der Waals surface area contributed by atoms with Crippen molar-refractivity contribution in [1.29, 1.82) is 0 Å². The number of para-hydroxylation sites is 1. The molecule has 0 amide bonds. The molecule has 0 radical (unpaired) electrons. The zero-order valence-electron chi connectivity index (χ0n) is 12.9. The Morgan fingerprint density at radius 3 is 2.52 bits per heavy atom. The predicted octanol–water partition coefficient (Wildman–Crippen LogP) is 3.44. The van der Waals surface area contributed by atoms with E-state index in [9.17, 15) is 9.59 Å². The molecule has 23 heavy (non-hydrogen) atoms. The molecule has 4 nitrogen and oxygen atoms in total. The van der Waals surface area contributed by atoms with Crippen molar-refractivity contribution in [2.75, 3.05) is 0 Å². The predicted molar refractivity (Wildman–Crippen MR) is 93.4 cm³/mol. The molecule has 0 aliphatic carbocycles. The lowest BCUT2D eigenvalue weighted by Crippen LogP contribution is -2.20. The highest BCUT2D eigenvalue weighted by Crippen LogP contribution is 2.13. The molecule has 3 aromatic rings. The number of ketones is 1. The minimum Gasteiger partial charge on any atom is -0.288 e. The van der Waals surface area contributed by atoms with Gasteiger partial charge >= 0.3 is 0 Å². The molecular weight excluding hydrogens is 308 g/mol. The van der Waals surface area contributed by atoms with Gasteiger partial charge in [0.2, 0.25) is 0 Å². The van der Waals surface area contributed by atoms with Crippen LogP contribution >= 0.6 is 11.3 Å². The van der Waals surface area contributed by atoms with Gasteiger partial charge in [-0.15, -0.1) is 11.3 Å². The monoisotopic (exact) mass is 324 g/mol. The van der Waals surface area contributed by atoms with Gasteiger partial charge in [-0.05, 0) is 42.7 Å². The molecule has 0 bridgehead atoms. The first kappa shape index (κ1) is 15.2. The molecule has 1 aromatic carbocycles. The summed E-state index contributed by atoms with van der Waals surface area (Å²) in [5.74, 6) is -0.0890. The number of benzene rings is 1. The van der Waals surface area contributed by atoms with Gasteiger partial charge in [0.15, 0.2) is 5.78 Å². The van der Waals surface area contributed by atoms with Crippen molar-refractivity contribution in [3.63, 3.8) is 0 Å². The summed E-state index contributed by atoms with van der Waals surface area (Å²) in [4.78, 5) is 25.4. The average Bonchev–Trinajstić information content (AvgIpc) is 3.16. The van der Waals surface area contributed by atoms with Crippen molar-refractivity contribution in [3.05, 3.63) is 80.4 Å². The highest BCUT2D eigenvalue weighted by atomic mass is 32.1. The number of carbonyl (C=O) groups is 1. The third-order valence-electron chi connectivity index (χ3n) is 3.76. The van der Waals surface area contributed by atoms with Crippen LogP contribution in [0, 0.1) is 6.92 Å². The number of hydrogen-bond donors (Lipinski definition) is 0. The number of aromatic nitrogens is 2. The van der Waals surface area contributed by atoms with Gasteiger partial charge in [0.25, 0.3) is 5.56 Å². The second-order valence-electron chi connectivity index (χ2n) is 5.15. The number of allylic oxidation sites excluding steroid dienone is 1. The molecule has 0 spiro atoms. The summed E-state index contributed by atoms with van der Waals surface area (Å²) in [5, 5.41) is 1.86. The maximum Gasteiger partial charge on any atom is 0.278 e. The van der Waals surface area contributed by atoms with E-state index in [1.807, 2.05) is 55.7 Å². The summed E-state index contributed by atoms with van der Waals surface area (Å²) < 4.78 is 3.40. The van der Waals surface area contributed by atoms with Gasteiger partial charge < -0.3 is 0 Å². The van der Waals surface area contributed by atoms with Crippen molar-refractivity contribution in [2.45, 2.75) is 6.92 Å². The summed E-state index contributed by atoms with van der Waals surface area (Å²) >= 11 is 1.39. The number of thiophene rings is 1. The van der Waals surface area contributed by atoms with Crippen molar-refractivity contribution < 1.29 is 4.79 Å². The summed E-state index contributed by atoms with van der Waals surface area (Å²) in [6, 6.07) is 13.1. The van der Waals surface area contributed by atoms with Gasteiger partial charge in [0.1, 0.15) is 0 Å². The van der Waals surface area contributed by atoms with Crippen LogP contribution in [0.3, 0.4) is 0 Å². The van der Waals surface area contributed by atoms with Crippen LogP contribution in [0.15, 0.2) is 58.7 Å². The fourth-order valence-electron chi connectivity index (χ4n) is 2.44. The molecule has 5 heteroatoms. The first-order valence-corrected chi connectivity index (χ1v) is 8.07. The summed E-state index contributed by atoms with van der Waals surface area (Å²) in [7, 11) is 1.84. The molecular formula is C18H16N2O2S. The Labute approximate surface area is 137 Å². The van der Waals surface area contributed by atoms with E-state index in [2.05, 4.69) is 0 Å². The van der Waals surface area contributed by atoms with Crippen LogP contribution in [-0.2, 0) is 7.05 Å². The normalized spacial score (nSPS) is 11.2. The first-order valence-electron chi connectivity index (χ1n) is 7.19. The molecule has 0 unspecified atom stereocenters. The molecule has 0 fully saturated rings. The molecule has 2 heterocycles. The Balaban J connectivity index is 2.02. The van der Waals surface area contributed by atoms with Gasteiger partial charge in [-0.1, -0.05) is 24.3 Å². The maximum atomic E-state index is 12.7. The molecule has 3 rings (SSSR count). The third-order valence-corrected chi connectivity index (χ3v) is 4.65.